The molecule has 0 aromatic heterocycles. The van der Waals surface area contributed by atoms with Crippen LogP contribution in [0.1, 0.15) is 32.3 Å². The topological polar surface area (TPSA) is 84.9 Å². The molecule has 0 aliphatic heterocycles. The minimum atomic E-state index is -0.878. The van der Waals surface area contributed by atoms with Gasteiger partial charge in [-0.3, -0.25) is 9.59 Å². The maximum atomic E-state index is 12.2. The molecule has 122 valence electrons. The van der Waals surface area contributed by atoms with E-state index in [1.54, 1.807) is 46.3 Å². The molecule has 6 heteroatoms. The van der Waals surface area contributed by atoms with Gasteiger partial charge >= 0.3 is 5.97 Å². The Bertz CT molecular complexity index is 539. The van der Waals surface area contributed by atoms with Gasteiger partial charge in [-0.05, 0) is 38.5 Å². The summed E-state index contributed by atoms with van der Waals surface area (Å²) >= 11 is 0. The largest absolute Gasteiger partial charge is 0.497 e. The zero-order valence-electron chi connectivity index (χ0n) is 13.4. The van der Waals surface area contributed by atoms with Crippen molar-refractivity contribution in [2.45, 2.75) is 38.6 Å². The van der Waals surface area contributed by atoms with Crippen molar-refractivity contribution < 1.29 is 24.2 Å². The van der Waals surface area contributed by atoms with E-state index in [0.29, 0.717) is 23.5 Å². The lowest BCUT2D eigenvalue weighted by Crippen LogP contribution is -2.44. The predicted octanol–water partition coefficient (Wildman–Crippen LogP) is 2.01. The highest BCUT2D eigenvalue weighted by Gasteiger charge is 2.22. The Labute approximate surface area is 130 Å². The number of methoxy groups -OCH3 is 2. The van der Waals surface area contributed by atoms with E-state index in [4.69, 9.17) is 14.6 Å². The van der Waals surface area contributed by atoms with Crippen molar-refractivity contribution in [1.82, 2.24) is 5.32 Å². The van der Waals surface area contributed by atoms with Crippen molar-refractivity contribution in [3.8, 4) is 11.5 Å². The van der Waals surface area contributed by atoms with E-state index in [-0.39, 0.29) is 18.7 Å². The number of amides is 1. The number of nitrogens with one attached hydrogen (secondary N) is 1. The number of ether oxygens (including phenoxy) is 2. The summed E-state index contributed by atoms with van der Waals surface area (Å²) in [6, 6.07) is 5.26. The lowest BCUT2D eigenvalue weighted by Gasteiger charge is -2.26. The molecule has 0 saturated carbocycles. The van der Waals surface area contributed by atoms with Crippen molar-refractivity contribution in [3.63, 3.8) is 0 Å². The van der Waals surface area contributed by atoms with Gasteiger partial charge in [-0.15, -0.1) is 0 Å². The van der Waals surface area contributed by atoms with Crippen molar-refractivity contribution in [1.29, 1.82) is 0 Å². The molecule has 0 saturated heterocycles. The molecule has 0 bridgehead atoms. The van der Waals surface area contributed by atoms with E-state index in [1.807, 2.05) is 0 Å². The van der Waals surface area contributed by atoms with Gasteiger partial charge in [-0.2, -0.15) is 0 Å². The minimum Gasteiger partial charge on any atom is -0.497 e. The standard InChI is InChI=1S/C16H23NO5/c1-16(2,8-7-15(19)20)17-14(18)10-11-9-12(21-3)5-6-13(11)22-4/h5-6,9H,7-8,10H2,1-4H3,(H,17,18)(H,19,20). The SMILES string of the molecule is COc1ccc(OC)c(CC(=O)NC(C)(C)CCC(=O)O)c1. The van der Waals surface area contributed by atoms with E-state index in [9.17, 15) is 9.59 Å². The van der Waals surface area contributed by atoms with E-state index >= 15 is 0 Å². The second-order valence-corrected chi connectivity index (χ2v) is 5.68. The highest BCUT2D eigenvalue weighted by molar-refractivity contribution is 5.80. The number of hydrogen-bond donors (Lipinski definition) is 2. The van der Waals surface area contributed by atoms with Gasteiger partial charge in [-0.25, -0.2) is 0 Å². The molecule has 2 N–H and O–H groups in total. The molecular formula is C16H23NO5. The Morgan fingerprint density at radius 3 is 2.45 bits per heavy atom. The molecular weight excluding hydrogens is 286 g/mol. The van der Waals surface area contributed by atoms with E-state index in [1.165, 1.54) is 0 Å². The summed E-state index contributed by atoms with van der Waals surface area (Å²) in [5.74, 6) is 0.187. The van der Waals surface area contributed by atoms with Crippen LogP contribution in [0, 0.1) is 0 Å². The number of carbonyl (C=O) groups is 2. The second kappa shape index (κ2) is 7.68. The molecule has 6 nitrogen and oxygen atoms in total. The Morgan fingerprint density at radius 1 is 1.23 bits per heavy atom. The van der Waals surface area contributed by atoms with Crippen LogP contribution in [0.4, 0.5) is 0 Å². The van der Waals surface area contributed by atoms with E-state index in [2.05, 4.69) is 5.32 Å². The summed E-state index contributed by atoms with van der Waals surface area (Å²) < 4.78 is 10.4. The fourth-order valence-electron chi connectivity index (χ4n) is 2.10. The highest BCUT2D eigenvalue weighted by atomic mass is 16.5. The van der Waals surface area contributed by atoms with Crippen LogP contribution in [-0.4, -0.2) is 36.7 Å². The molecule has 0 radical (unpaired) electrons. The summed E-state index contributed by atoms with van der Waals surface area (Å²) in [6.07, 6.45) is 0.510. The first kappa shape index (κ1) is 17.8. The first-order chi connectivity index (χ1) is 10.3. The maximum absolute atomic E-state index is 12.2. The van der Waals surface area contributed by atoms with Crippen LogP contribution in [0.2, 0.25) is 0 Å². The van der Waals surface area contributed by atoms with Crippen LogP contribution >= 0.6 is 0 Å². The average molecular weight is 309 g/mol. The first-order valence-corrected chi connectivity index (χ1v) is 7.01. The zero-order chi connectivity index (χ0) is 16.8. The van der Waals surface area contributed by atoms with Crippen molar-refractivity contribution in [2.24, 2.45) is 0 Å². The summed E-state index contributed by atoms with van der Waals surface area (Å²) in [4.78, 5) is 22.8. The summed E-state index contributed by atoms with van der Waals surface area (Å²) in [7, 11) is 3.10. The Morgan fingerprint density at radius 2 is 1.91 bits per heavy atom. The number of benzene rings is 1. The summed E-state index contributed by atoms with van der Waals surface area (Å²) in [5, 5.41) is 11.6. The maximum Gasteiger partial charge on any atom is 0.303 e. The Kier molecular flexibility index (Phi) is 6.22. The zero-order valence-corrected chi connectivity index (χ0v) is 13.4. The number of rotatable bonds is 8. The first-order valence-electron chi connectivity index (χ1n) is 7.01. The third kappa shape index (κ3) is 5.63. The molecule has 0 spiro atoms. The minimum absolute atomic E-state index is 0.00968. The monoisotopic (exact) mass is 309 g/mol. The van der Waals surface area contributed by atoms with Gasteiger partial charge in [0.25, 0.3) is 0 Å². The molecule has 22 heavy (non-hydrogen) atoms. The smallest absolute Gasteiger partial charge is 0.303 e. The third-order valence-electron chi connectivity index (χ3n) is 3.28. The normalized spacial score (nSPS) is 10.9. The number of hydrogen-bond acceptors (Lipinski definition) is 4. The molecule has 1 aromatic carbocycles. The van der Waals surface area contributed by atoms with E-state index < -0.39 is 11.5 Å². The fourth-order valence-corrected chi connectivity index (χ4v) is 2.10. The van der Waals surface area contributed by atoms with Crippen molar-refractivity contribution >= 4 is 11.9 Å². The Hall–Kier alpha value is -2.24. The summed E-state index contributed by atoms with van der Waals surface area (Å²) in [5.41, 5.74) is 0.134. The molecule has 1 rings (SSSR count). The van der Waals surface area contributed by atoms with Crippen molar-refractivity contribution in [3.05, 3.63) is 23.8 Å². The predicted molar refractivity (Wildman–Crippen MR) is 82.3 cm³/mol. The molecule has 0 atom stereocenters. The van der Waals surface area contributed by atoms with E-state index in [0.717, 1.165) is 0 Å². The lowest BCUT2D eigenvalue weighted by atomic mass is 9.97. The molecule has 0 unspecified atom stereocenters. The lowest BCUT2D eigenvalue weighted by molar-refractivity contribution is -0.137. The second-order valence-electron chi connectivity index (χ2n) is 5.68. The van der Waals surface area contributed by atoms with Gasteiger partial charge < -0.3 is 19.9 Å². The fraction of sp³-hybridized carbons (Fsp3) is 0.500. The molecule has 0 aliphatic carbocycles. The Balaban J connectivity index is 2.73. The van der Waals surface area contributed by atoms with Crippen LogP contribution in [0.25, 0.3) is 0 Å². The summed E-state index contributed by atoms with van der Waals surface area (Å²) in [6.45, 7) is 3.60. The average Bonchev–Trinajstić information content (AvgIpc) is 2.44. The molecule has 1 aromatic rings. The highest BCUT2D eigenvalue weighted by Crippen LogP contribution is 2.24. The van der Waals surface area contributed by atoms with Crippen LogP contribution in [0.3, 0.4) is 0 Å². The quantitative estimate of drug-likeness (QED) is 0.767. The van der Waals surface area contributed by atoms with Gasteiger partial charge in [-0.1, -0.05) is 0 Å². The number of aliphatic carboxylic acids is 1. The number of carbonyl (C=O) groups excluding carboxylic acids is 1. The molecule has 0 aliphatic rings. The van der Waals surface area contributed by atoms with Gasteiger partial charge in [0.05, 0.1) is 20.6 Å². The van der Waals surface area contributed by atoms with Crippen molar-refractivity contribution in [2.75, 3.05) is 14.2 Å². The van der Waals surface area contributed by atoms with Crippen LogP contribution in [0.15, 0.2) is 18.2 Å². The third-order valence-corrected chi connectivity index (χ3v) is 3.28. The van der Waals surface area contributed by atoms with Crippen LogP contribution < -0.4 is 14.8 Å². The molecule has 0 fully saturated rings. The molecule has 1 amide bonds. The van der Waals surface area contributed by atoms with Crippen LogP contribution in [0.5, 0.6) is 11.5 Å². The van der Waals surface area contributed by atoms with Gasteiger partial charge in [0.2, 0.25) is 5.91 Å². The van der Waals surface area contributed by atoms with Gasteiger partial charge in [0, 0.05) is 17.5 Å². The molecule has 0 heterocycles. The van der Waals surface area contributed by atoms with Gasteiger partial charge in [0.15, 0.2) is 0 Å². The number of carboxylic acids is 1. The van der Waals surface area contributed by atoms with Gasteiger partial charge in [0.1, 0.15) is 11.5 Å². The van der Waals surface area contributed by atoms with Crippen LogP contribution in [-0.2, 0) is 16.0 Å². The number of carboxylic acid groups (broad SMARTS) is 1.